The summed E-state index contributed by atoms with van der Waals surface area (Å²) in [5.41, 5.74) is -0.456. The molecule has 4 aromatic rings. The summed E-state index contributed by atoms with van der Waals surface area (Å²) in [6.07, 6.45) is -3.39. The van der Waals surface area contributed by atoms with Gasteiger partial charge in [-0.3, -0.25) is 9.10 Å². The minimum absolute atomic E-state index is 0.0418. The van der Waals surface area contributed by atoms with Gasteiger partial charge in [-0.15, -0.1) is 0 Å². The van der Waals surface area contributed by atoms with Gasteiger partial charge in [0.05, 0.1) is 23.4 Å². The van der Waals surface area contributed by atoms with E-state index in [1.165, 1.54) is 31.3 Å². The number of nitrogens with one attached hydrogen (secondary N) is 1. The van der Waals surface area contributed by atoms with E-state index in [1.54, 1.807) is 12.1 Å². The van der Waals surface area contributed by atoms with E-state index in [0.29, 0.717) is 22.6 Å². The molecule has 8 nitrogen and oxygen atoms in total. The van der Waals surface area contributed by atoms with Crippen LogP contribution < -0.4 is 15.1 Å². The lowest BCUT2D eigenvalue weighted by Crippen LogP contribution is -2.36. The van der Waals surface area contributed by atoms with Crippen molar-refractivity contribution in [1.29, 1.82) is 0 Å². The van der Waals surface area contributed by atoms with Crippen molar-refractivity contribution in [1.82, 2.24) is 5.32 Å². The lowest BCUT2D eigenvalue weighted by atomic mass is 9.76. The molecule has 0 atom stereocenters. The molecule has 14 heteroatoms. The Morgan fingerprint density at radius 2 is 1.78 bits per heavy atom. The molecule has 3 aromatic carbocycles. The maximum atomic E-state index is 13.7. The number of hydrogen-bond acceptors (Lipinski definition) is 6. The van der Waals surface area contributed by atoms with E-state index in [-0.39, 0.29) is 35.1 Å². The number of halogens is 4. The molecule has 1 aliphatic carbocycles. The van der Waals surface area contributed by atoms with Crippen LogP contribution in [0.4, 0.5) is 23.2 Å². The van der Waals surface area contributed by atoms with Gasteiger partial charge in [0.2, 0.25) is 10.9 Å². The van der Waals surface area contributed by atoms with Gasteiger partial charge in [0.15, 0.2) is 0 Å². The Kier molecular flexibility index (Phi) is 7.57. The Bertz CT molecular complexity index is 1710. The fourth-order valence-electron chi connectivity index (χ4n) is 4.85. The van der Waals surface area contributed by atoms with E-state index in [4.69, 9.17) is 4.42 Å². The van der Waals surface area contributed by atoms with Crippen LogP contribution in [0.1, 0.15) is 45.8 Å². The zero-order chi connectivity index (χ0) is 29.6. The zero-order valence-electron chi connectivity index (χ0n) is 21.4. The topological polar surface area (TPSA) is 120 Å². The van der Waals surface area contributed by atoms with E-state index in [2.05, 4.69) is 5.32 Å². The molecule has 0 spiro atoms. The monoisotopic (exact) mass is 590 g/mol. The van der Waals surface area contributed by atoms with Gasteiger partial charge in [-0.2, -0.15) is 13.2 Å². The van der Waals surface area contributed by atoms with Crippen LogP contribution >= 0.6 is 0 Å². The van der Waals surface area contributed by atoms with Gasteiger partial charge in [-0.05, 0) is 83.9 Å². The highest BCUT2D eigenvalue weighted by Gasteiger charge is 2.37. The van der Waals surface area contributed by atoms with Crippen molar-refractivity contribution in [2.75, 3.05) is 11.4 Å². The summed E-state index contributed by atoms with van der Waals surface area (Å²) in [4.78, 5) is 12.9. The summed E-state index contributed by atoms with van der Waals surface area (Å²) in [5.74, 6) is -0.711. The molecule has 1 saturated carbocycles. The molecule has 3 N–H and O–H groups in total. The maximum Gasteiger partial charge on any atom is 0.489 e. The smallest absolute Gasteiger partial charge is 0.455 e. The van der Waals surface area contributed by atoms with Gasteiger partial charge in [0.1, 0.15) is 17.2 Å². The molecule has 41 heavy (non-hydrogen) atoms. The molecule has 1 aliphatic rings. The van der Waals surface area contributed by atoms with Crippen LogP contribution in [0.2, 0.25) is 0 Å². The molecule has 1 amide bonds. The number of rotatable bonds is 8. The molecular formula is C27H23BF4N2O6S. The normalized spacial score (nSPS) is 13.6. The SMILES string of the molecule is CNC(=O)c1c(-c2ccc(F)cc2)oc2cc(CN(c3ccc(B(O)O)c(C(F)(F)F)c3)[SH](=O)=O)c(C3CC3)cc12. The number of carbonyl (C=O) groups excluding carboxylic acids is 1. The Balaban J connectivity index is 1.65. The number of furan rings is 1. The first-order chi connectivity index (χ1) is 19.4. The number of alkyl halides is 3. The summed E-state index contributed by atoms with van der Waals surface area (Å²) in [6.45, 7) is -0.347. The van der Waals surface area contributed by atoms with E-state index in [0.717, 1.165) is 34.8 Å². The number of hydrogen-bond donors (Lipinski definition) is 4. The second kappa shape index (κ2) is 10.8. The predicted molar refractivity (Wildman–Crippen MR) is 145 cm³/mol. The summed E-state index contributed by atoms with van der Waals surface area (Å²) in [6, 6.07) is 11.1. The quantitative estimate of drug-likeness (QED) is 0.141. The number of nitrogens with zero attached hydrogens (tertiary/aromatic N) is 1. The third-order valence-electron chi connectivity index (χ3n) is 6.96. The van der Waals surface area contributed by atoms with Gasteiger partial charge >= 0.3 is 13.3 Å². The number of carbonyl (C=O) groups is 1. The second-order valence-corrected chi connectivity index (χ2v) is 10.6. The van der Waals surface area contributed by atoms with Crippen LogP contribution in [0.5, 0.6) is 0 Å². The Morgan fingerprint density at radius 1 is 1.10 bits per heavy atom. The average molecular weight is 590 g/mol. The minimum atomic E-state index is -4.98. The number of fused-ring (bicyclic) bond motifs is 1. The third kappa shape index (κ3) is 5.67. The van der Waals surface area contributed by atoms with Crippen molar-refractivity contribution < 1.29 is 45.2 Å². The van der Waals surface area contributed by atoms with E-state index in [9.17, 15) is 40.8 Å². The molecule has 5 rings (SSSR count). The van der Waals surface area contributed by atoms with E-state index < -0.39 is 46.9 Å². The number of thiol groups is 1. The van der Waals surface area contributed by atoms with Crippen LogP contribution in [0, 0.1) is 5.82 Å². The summed E-state index contributed by atoms with van der Waals surface area (Å²) < 4.78 is 86.0. The van der Waals surface area contributed by atoms with E-state index in [1.807, 2.05) is 0 Å². The van der Waals surface area contributed by atoms with Gasteiger partial charge in [-0.25, -0.2) is 12.8 Å². The highest BCUT2D eigenvalue weighted by atomic mass is 32.2. The fraction of sp³-hybridized carbons (Fsp3) is 0.222. The van der Waals surface area contributed by atoms with Gasteiger partial charge in [0.25, 0.3) is 5.91 Å². The first kappa shape index (κ1) is 28.6. The van der Waals surface area contributed by atoms with Gasteiger partial charge < -0.3 is 19.8 Å². The van der Waals surface area contributed by atoms with Crippen molar-refractivity contribution >= 4 is 46.0 Å². The first-order valence-corrected chi connectivity index (χ1v) is 13.6. The molecular weight excluding hydrogens is 567 g/mol. The highest BCUT2D eigenvalue weighted by molar-refractivity contribution is 7.74. The predicted octanol–water partition coefficient (Wildman–Crippen LogP) is 3.71. The largest absolute Gasteiger partial charge is 0.489 e. The van der Waals surface area contributed by atoms with Gasteiger partial charge in [-0.1, -0.05) is 6.07 Å². The molecule has 1 heterocycles. The maximum absolute atomic E-state index is 13.7. The number of anilines is 1. The Hall–Kier alpha value is -3.88. The summed E-state index contributed by atoms with van der Waals surface area (Å²) in [7, 11) is -4.40. The Morgan fingerprint density at radius 3 is 2.34 bits per heavy atom. The highest BCUT2D eigenvalue weighted by Crippen LogP contribution is 2.45. The van der Waals surface area contributed by atoms with Crippen molar-refractivity contribution in [3.63, 3.8) is 0 Å². The minimum Gasteiger partial charge on any atom is -0.455 e. The van der Waals surface area contributed by atoms with E-state index >= 15 is 0 Å². The van der Waals surface area contributed by atoms with Crippen molar-refractivity contribution in [3.05, 3.63) is 82.7 Å². The van der Waals surface area contributed by atoms with Crippen LogP contribution in [0.3, 0.4) is 0 Å². The van der Waals surface area contributed by atoms with Crippen molar-refractivity contribution in [3.8, 4) is 11.3 Å². The van der Waals surface area contributed by atoms with Crippen LogP contribution in [0.15, 0.2) is 59.0 Å². The molecule has 0 radical (unpaired) electrons. The summed E-state index contributed by atoms with van der Waals surface area (Å²) in [5, 5.41) is 21.8. The standard InChI is InChI=1S/C27H23BF4N2O6S/c1-33-26(35)24-20-12-19(14-2-3-14)16(10-23(20)40-25(24)15-4-6-17(29)7-5-15)13-34(41(38)39)18-8-9-22(28(36)37)21(11-18)27(30,31)32/h4-12,14,36-37,41H,2-3,13H2,1H3,(H,33,35). The zero-order valence-corrected chi connectivity index (χ0v) is 22.3. The van der Waals surface area contributed by atoms with Crippen molar-refractivity contribution in [2.45, 2.75) is 31.5 Å². The third-order valence-corrected chi connectivity index (χ3v) is 7.73. The summed E-state index contributed by atoms with van der Waals surface area (Å²) >= 11 is 0. The Labute approximate surface area is 233 Å². The molecule has 214 valence electrons. The van der Waals surface area contributed by atoms with Crippen LogP contribution in [-0.4, -0.2) is 38.5 Å². The molecule has 0 aliphatic heterocycles. The number of amides is 1. The second-order valence-electron chi connectivity index (χ2n) is 9.65. The lowest BCUT2D eigenvalue weighted by Gasteiger charge is -2.22. The molecule has 1 fully saturated rings. The molecule has 0 unspecified atom stereocenters. The molecule has 0 saturated heterocycles. The number of benzene rings is 3. The average Bonchev–Trinajstić information content (AvgIpc) is 3.70. The van der Waals surface area contributed by atoms with Crippen LogP contribution in [0.25, 0.3) is 22.3 Å². The van der Waals surface area contributed by atoms with Gasteiger partial charge in [0, 0.05) is 18.0 Å². The van der Waals surface area contributed by atoms with Crippen LogP contribution in [-0.2, 0) is 23.6 Å². The molecule has 1 aromatic heterocycles. The molecule has 0 bridgehead atoms. The lowest BCUT2D eigenvalue weighted by molar-refractivity contribution is -0.136. The van der Waals surface area contributed by atoms with Crippen molar-refractivity contribution in [2.24, 2.45) is 0 Å². The fourth-order valence-corrected chi connectivity index (χ4v) is 5.43. The first-order valence-electron chi connectivity index (χ1n) is 12.5.